The van der Waals surface area contributed by atoms with E-state index in [-0.39, 0.29) is 0 Å². The standard InChI is InChI=1S/C16H14ClN3O/c1-11-5-4-7-12(9-11)15-19-16(21-20-15)18-10-13-6-2-3-8-14(13)17/h2-9H,10H2,1H3,(H,18,19,20). The SMILES string of the molecule is Cc1cccc(-c2noc(NCc3ccccc3Cl)n2)c1. The first-order valence-corrected chi connectivity index (χ1v) is 6.98. The molecule has 106 valence electrons. The number of hydrogen-bond donors (Lipinski definition) is 1. The van der Waals surface area contributed by atoms with E-state index >= 15 is 0 Å². The van der Waals surface area contributed by atoms with E-state index in [0.717, 1.165) is 16.7 Å². The van der Waals surface area contributed by atoms with Gasteiger partial charge in [-0.3, -0.25) is 0 Å². The molecule has 0 aliphatic heterocycles. The van der Waals surface area contributed by atoms with Crippen molar-refractivity contribution >= 4 is 17.6 Å². The number of nitrogens with zero attached hydrogens (tertiary/aromatic N) is 2. The summed E-state index contributed by atoms with van der Waals surface area (Å²) in [5.74, 6) is 0.570. The summed E-state index contributed by atoms with van der Waals surface area (Å²) in [6.45, 7) is 2.56. The molecule has 3 aromatic rings. The van der Waals surface area contributed by atoms with Crippen LogP contribution in [0.15, 0.2) is 53.1 Å². The van der Waals surface area contributed by atoms with Gasteiger partial charge in [-0.1, -0.05) is 58.7 Å². The third kappa shape index (κ3) is 3.23. The number of halogens is 1. The second-order valence-corrected chi connectivity index (χ2v) is 5.14. The Morgan fingerprint density at radius 3 is 2.81 bits per heavy atom. The average Bonchev–Trinajstić information content (AvgIpc) is 2.95. The van der Waals surface area contributed by atoms with Crippen molar-refractivity contribution in [2.45, 2.75) is 13.5 Å². The summed E-state index contributed by atoms with van der Waals surface area (Å²) < 4.78 is 5.21. The molecule has 21 heavy (non-hydrogen) atoms. The molecule has 0 unspecified atom stereocenters. The molecular formula is C16H14ClN3O. The minimum absolute atomic E-state index is 0.381. The largest absolute Gasteiger partial charge is 0.334 e. The first kappa shape index (κ1) is 13.6. The summed E-state index contributed by atoms with van der Waals surface area (Å²) in [6.07, 6.45) is 0. The minimum Gasteiger partial charge on any atom is -0.334 e. The van der Waals surface area contributed by atoms with Gasteiger partial charge < -0.3 is 9.84 Å². The highest BCUT2D eigenvalue weighted by Gasteiger charge is 2.08. The van der Waals surface area contributed by atoms with Gasteiger partial charge in [-0.25, -0.2) is 0 Å². The van der Waals surface area contributed by atoms with Gasteiger partial charge in [0.15, 0.2) is 0 Å². The number of aryl methyl sites for hydroxylation is 1. The lowest BCUT2D eigenvalue weighted by Gasteiger charge is -2.03. The Labute approximate surface area is 127 Å². The number of nitrogens with one attached hydrogen (secondary N) is 1. The highest BCUT2D eigenvalue weighted by Crippen LogP contribution is 2.20. The first-order chi connectivity index (χ1) is 10.2. The number of anilines is 1. The van der Waals surface area contributed by atoms with Crippen molar-refractivity contribution in [3.05, 3.63) is 64.7 Å². The fourth-order valence-electron chi connectivity index (χ4n) is 2.01. The summed E-state index contributed by atoms with van der Waals surface area (Å²) in [6, 6.07) is 16.0. The van der Waals surface area contributed by atoms with Crippen molar-refractivity contribution in [3.8, 4) is 11.4 Å². The third-order valence-corrected chi connectivity index (χ3v) is 3.46. The second kappa shape index (κ2) is 5.97. The highest BCUT2D eigenvalue weighted by atomic mass is 35.5. The average molecular weight is 300 g/mol. The first-order valence-electron chi connectivity index (χ1n) is 6.60. The molecule has 0 aliphatic rings. The van der Waals surface area contributed by atoms with E-state index in [1.54, 1.807) is 0 Å². The normalized spacial score (nSPS) is 10.6. The van der Waals surface area contributed by atoms with Crippen LogP contribution in [0.5, 0.6) is 0 Å². The zero-order valence-corrected chi connectivity index (χ0v) is 12.3. The number of hydrogen-bond acceptors (Lipinski definition) is 4. The maximum absolute atomic E-state index is 6.10. The molecule has 0 atom stereocenters. The van der Waals surface area contributed by atoms with Crippen LogP contribution in [0, 0.1) is 6.92 Å². The van der Waals surface area contributed by atoms with E-state index in [2.05, 4.69) is 15.5 Å². The Morgan fingerprint density at radius 2 is 2.00 bits per heavy atom. The quantitative estimate of drug-likeness (QED) is 0.780. The van der Waals surface area contributed by atoms with Gasteiger partial charge in [0.1, 0.15) is 0 Å². The maximum atomic E-state index is 6.10. The van der Waals surface area contributed by atoms with E-state index in [0.29, 0.717) is 23.4 Å². The summed E-state index contributed by atoms with van der Waals surface area (Å²) in [5, 5.41) is 7.77. The summed E-state index contributed by atoms with van der Waals surface area (Å²) in [7, 11) is 0. The Morgan fingerprint density at radius 1 is 1.14 bits per heavy atom. The number of rotatable bonds is 4. The molecular weight excluding hydrogens is 286 g/mol. The topological polar surface area (TPSA) is 51.0 Å². The summed E-state index contributed by atoms with van der Waals surface area (Å²) >= 11 is 6.10. The van der Waals surface area contributed by atoms with Crippen LogP contribution in [0.4, 0.5) is 6.01 Å². The van der Waals surface area contributed by atoms with E-state index in [9.17, 15) is 0 Å². The van der Waals surface area contributed by atoms with E-state index < -0.39 is 0 Å². The molecule has 0 saturated carbocycles. The highest BCUT2D eigenvalue weighted by molar-refractivity contribution is 6.31. The third-order valence-electron chi connectivity index (χ3n) is 3.09. The summed E-state index contributed by atoms with van der Waals surface area (Å²) in [5.41, 5.74) is 3.07. The molecule has 4 nitrogen and oxygen atoms in total. The van der Waals surface area contributed by atoms with Gasteiger partial charge in [0.25, 0.3) is 0 Å². The van der Waals surface area contributed by atoms with Gasteiger partial charge in [-0.2, -0.15) is 4.98 Å². The van der Waals surface area contributed by atoms with Crippen LogP contribution in [0.2, 0.25) is 5.02 Å². The Balaban J connectivity index is 1.72. The van der Waals surface area contributed by atoms with Crippen LogP contribution >= 0.6 is 11.6 Å². The fraction of sp³-hybridized carbons (Fsp3) is 0.125. The lowest BCUT2D eigenvalue weighted by Crippen LogP contribution is -2.00. The molecule has 1 aromatic heterocycles. The molecule has 1 N–H and O–H groups in total. The number of aromatic nitrogens is 2. The van der Waals surface area contributed by atoms with Gasteiger partial charge in [0.05, 0.1) is 0 Å². The van der Waals surface area contributed by atoms with E-state index in [4.69, 9.17) is 16.1 Å². The maximum Gasteiger partial charge on any atom is 0.322 e. The van der Waals surface area contributed by atoms with Crippen LogP contribution in [0.3, 0.4) is 0 Å². The van der Waals surface area contributed by atoms with Crippen LogP contribution in [0.1, 0.15) is 11.1 Å². The van der Waals surface area contributed by atoms with Gasteiger partial charge in [-0.05, 0) is 24.6 Å². The lowest BCUT2D eigenvalue weighted by atomic mass is 10.1. The van der Waals surface area contributed by atoms with Gasteiger partial charge in [0.2, 0.25) is 5.82 Å². The molecule has 0 radical (unpaired) electrons. The molecule has 0 aliphatic carbocycles. The molecule has 2 aromatic carbocycles. The summed E-state index contributed by atoms with van der Waals surface area (Å²) in [4.78, 5) is 4.33. The molecule has 0 spiro atoms. The van der Waals surface area contributed by atoms with Crippen LogP contribution in [0.25, 0.3) is 11.4 Å². The zero-order chi connectivity index (χ0) is 14.7. The Hall–Kier alpha value is -2.33. The molecule has 0 saturated heterocycles. The van der Waals surface area contributed by atoms with Crippen molar-refractivity contribution < 1.29 is 4.52 Å². The lowest BCUT2D eigenvalue weighted by molar-refractivity contribution is 0.432. The van der Waals surface area contributed by atoms with Crippen molar-refractivity contribution in [1.82, 2.24) is 10.1 Å². The number of benzene rings is 2. The Bertz CT molecular complexity index is 755. The van der Waals surface area contributed by atoms with Crippen LogP contribution in [-0.2, 0) is 6.54 Å². The van der Waals surface area contributed by atoms with E-state index in [1.807, 2.05) is 55.5 Å². The van der Waals surface area contributed by atoms with Crippen molar-refractivity contribution in [1.29, 1.82) is 0 Å². The molecule has 5 heteroatoms. The van der Waals surface area contributed by atoms with Crippen LogP contribution in [-0.4, -0.2) is 10.1 Å². The molecule has 0 fully saturated rings. The smallest absolute Gasteiger partial charge is 0.322 e. The second-order valence-electron chi connectivity index (χ2n) is 4.74. The molecule has 0 bridgehead atoms. The van der Waals surface area contributed by atoms with Crippen molar-refractivity contribution in [2.75, 3.05) is 5.32 Å². The predicted octanol–water partition coefficient (Wildman–Crippen LogP) is 4.31. The minimum atomic E-state index is 0.381. The van der Waals surface area contributed by atoms with Gasteiger partial charge >= 0.3 is 6.01 Å². The van der Waals surface area contributed by atoms with Crippen molar-refractivity contribution in [3.63, 3.8) is 0 Å². The fourth-order valence-corrected chi connectivity index (χ4v) is 2.21. The predicted molar refractivity (Wildman–Crippen MR) is 83.2 cm³/mol. The van der Waals surface area contributed by atoms with Gasteiger partial charge in [0, 0.05) is 17.1 Å². The van der Waals surface area contributed by atoms with E-state index in [1.165, 1.54) is 0 Å². The zero-order valence-electron chi connectivity index (χ0n) is 11.5. The molecule has 0 amide bonds. The van der Waals surface area contributed by atoms with Gasteiger partial charge in [-0.15, -0.1) is 0 Å². The monoisotopic (exact) mass is 299 g/mol. The van der Waals surface area contributed by atoms with Crippen molar-refractivity contribution in [2.24, 2.45) is 0 Å². The Kier molecular flexibility index (Phi) is 3.88. The van der Waals surface area contributed by atoms with Crippen LogP contribution < -0.4 is 5.32 Å². The molecule has 3 rings (SSSR count). The molecule has 1 heterocycles.